The fourth-order valence-electron chi connectivity index (χ4n) is 4.34. The minimum Gasteiger partial charge on any atom is -0.493 e. The van der Waals surface area contributed by atoms with Crippen LogP contribution in [-0.4, -0.2) is 33.3 Å². The lowest BCUT2D eigenvalue weighted by Crippen LogP contribution is -2.41. The van der Waals surface area contributed by atoms with Gasteiger partial charge in [-0.25, -0.2) is 0 Å². The Morgan fingerprint density at radius 3 is 2.12 bits per heavy atom. The maximum Gasteiger partial charge on any atom is 0.232 e. The van der Waals surface area contributed by atoms with E-state index >= 15 is 0 Å². The monoisotopic (exact) mass is 481 g/mol. The summed E-state index contributed by atoms with van der Waals surface area (Å²) in [7, 11) is 3.20. The number of benzene rings is 3. The number of amides is 1. The molecule has 1 unspecified atom stereocenters. The van der Waals surface area contributed by atoms with Gasteiger partial charge in [0, 0.05) is 10.7 Å². The Morgan fingerprint density at radius 2 is 1.50 bits per heavy atom. The molecule has 1 aliphatic heterocycles. The second-order valence-electron chi connectivity index (χ2n) is 7.80. The molecule has 0 aliphatic carbocycles. The summed E-state index contributed by atoms with van der Waals surface area (Å²) in [5.74, 6) is 2.47. The van der Waals surface area contributed by atoms with Gasteiger partial charge in [0.05, 0.1) is 39.9 Å². The molecule has 1 aliphatic rings. The Morgan fingerprint density at radius 1 is 0.853 bits per heavy atom. The van der Waals surface area contributed by atoms with Gasteiger partial charge >= 0.3 is 0 Å². The number of nitrogens with zero attached hydrogens (tertiary/aromatic N) is 1. The van der Waals surface area contributed by atoms with E-state index in [1.54, 1.807) is 31.3 Å². The molecule has 0 bridgehead atoms. The molecule has 178 valence electrons. The third-order valence-corrected chi connectivity index (χ3v) is 6.05. The molecular weight excluding hydrogens is 454 g/mol. The Balaban J connectivity index is 1.94. The molecule has 1 atom stereocenters. The molecule has 7 heteroatoms. The summed E-state index contributed by atoms with van der Waals surface area (Å²) >= 11 is 6.13. The van der Waals surface area contributed by atoms with Crippen molar-refractivity contribution in [3.63, 3.8) is 0 Å². The van der Waals surface area contributed by atoms with Crippen molar-refractivity contribution in [1.29, 1.82) is 0 Å². The van der Waals surface area contributed by atoms with Crippen molar-refractivity contribution < 1.29 is 23.7 Å². The van der Waals surface area contributed by atoms with Crippen LogP contribution in [0, 0.1) is 0 Å². The first-order valence-electron chi connectivity index (χ1n) is 11.2. The maximum absolute atomic E-state index is 13.5. The van der Waals surface area contributed by atoms with Crippen LogP contribution in [0.2, 0.25) is 5.02 Å². The van der Waals surface area contributed by atoms with Gasteiger partial charge in [-0.3, -0.25) is 4.79 Å². The van der Waals surface area contributed by atoms with Gasteiger partial charge in [0.1, 0.15) is 0 Å². The molecule has 0 aromatic heterocycles. The van der Waals surface area contributed by atoms with Crippen LogP contribution in [0.25, 0.3) is 0 Å². The summed E-state index contributed by atoms with van der Waals surface area (Å²) in [4.78, 5) is 15.4. The second-order valence-corrected chi connectivity index (χ2v) is 8.23. The fraction of sp³-hybridized carbons (Fsp3) is 0.296. The normalized spacial score (nSPS) is 15.0. The highest BCUT2D eigenvalue weighted by atomic mass is 35.5. The van der Waals surface area contributed by atoms with E-state index in [0.717, 1.165) is 22.4 Å². The molecular formula is C27H28ClNO5. The summed E-state index contributed by atoms with van der Waals surface area (Å²) in [6, 6.07) is 16.5. The van der Waals surface area contributed by atoms with Gasteiger partial charge < -0.3 is 23.8 Å². The first-order valence-corrected chi connectivity index (χ1v) is 11.6. The van der Waals surface area contributed by atoms with E-state index < -0.39 is 6.04 Å². The van der Waals surface area contributed by atoms with Crippen LogP contribution in [0.1, 0.15) is 36.6 Å². The van der Waals surface area contributed by atoms with Gasteiger partial charge in [0.25, 0.3) is 0 Å². The van der Waals surface area contributed by atoms with Crippen molar-refractivity contribution in [2.24, 2.45) is 0 Å². The van der Waals surface area contributed by atoms with Crippen molar-refractivity contribution in [2.45, 2.75) is 26.3 Å². The third kappa shape index (κ3) is 4.50. The maximum atomic E-state index is 13.5. The minimum absolute atomic E-state index is 0.0267. The highest BCUT2D eigenvalue weighted by Gasteiger charge is 2.36. The zero-order valence-electron chi connectivity index (χ0n) is 19.8. The van der Waals surface area contributed by atoms with Crippen LogP contribution in [-0.2, 0) is 11.2 Å². The lowest BCUT2D eigenvalue weighted by molar-refractivity contribution is -0.118. The highest BCUT2D eigenvalue weighted by molar-refractivity contribution is 6.30. The number of carbonyl (C=O) groups is 1. The van der Waals surface area contributed by atoms with E-state index in [0.29, 0.717) is 41.2 Å². The van der Waals surface area contributed by atoms with Crippen molar-refractivity contribution in [1.82, 2.24) is 0 Å². The van der Waals surface area contributed by atoms with Gasteiger partial charge in [-0.05, 0) is 79.1 Å². The Hall–Kier alpha value is -3.38. The average Bonchev–Trinajstić information content (AvgIpc) is 2.84. The van der Waals surface area contributed by atoms with E-state index in [1.807, 2.05) is 56.3 Å². The van der Waals surface area contributed by atoms with Gasteiger partial charge in [-0.15, -0.1) is 0 Å². The van der Waals surface area contributed by atoms with E-state index in [2.05, 4.69) is 0 Å². The fourth-order valence-corrected chi connectivity index (χ4v) is 4.47. The number of hydrogen-bond donors (Lipinski definition) is 0. The van der Waals surface area contributed by atoms with E-state index in [-0.39, 0.29) is 12.3 Å². The van der Waals surface area contributed by atoms with Gasteiger partial charge in [0.15, 0.2) is 23.0 Å². The summed E-state index contributed by atoms with van der Waals surface area (Å²) in [5, 5.41) is 0.608. The van der Waals surface area contributed by atoms with Crippen molar-refractivity contribution in [2.75, 3.05) is 32.3 Å². The first-order chi connectivity index (χ1) is 16.5. The lowest BCUT2D eigenvalue weighted by atomic mass is 9.86. The first kappa shape index (κ1) is 23.8. The Kier molecular flexibility index (Phi) is 7.17. The molecule has 6 nitrogen and oxygen atoms in total. The SMILES string of the molecule is CCOc1cc2c(cc1OCC)C(c1ccc(OC)c(OC)c1)N(c1ccc(Cl)cc1)C(=O)C2. The summed E-state index contributed by atoms with van der Waals surface area (Å²) in [6.45, 7) is 4.86. The van der Waals surface area contributed by atoms with Gasteiger partial charge in [-0.1, -0.05) is 17.7 Å². The Bertz CT molecular complexity index is 1180. The summed E-state index contributed by atoms with van der Waals surface area (Å²) < 4.78 is 22.7. The second kappa shape index (κ2) is 10.3. The molecule has 0 fully saturated rings. The molecule has 0 saturated carbocycles. The standard InChI is InChI=1S/C27H28ClNO5/c1-5-33-24-14-18-15-26(30)29(20-10-8-19(28)9-11-20)27(21(18)16-25(24)34-6-2)17-7-12-22(31-3)23(13-17)32-4/h7-14,16,27H,5-6,15H2,1-4H3. The predicted molar refractivity (Wildman–Crippen MR) is 133 cm³/mol. The van der Waals surface area contributed by atoms with Crippen LogP contribution < -0.4 is 23.8 Å². The zero-order chi connectivity index (χ0) is 24.2. The Labute approximate surface area is 205 Å². The molecule has 3 aromatic rings. The smallest absolute Gasteiger partial charge is 0.232 e. The van der Waals surface area contributed by atoms with Crippen LogP contribution >= 0.6 is 11.6 Å². The van der Waals surface area contributed by atoms with E-state index in [9.17, 15) is 4.79 Å². The number of rotatable bonds is 8. The predicted octanol–water partition coefficient (Wildman–Crippen LogP) is 5.83. The number of anilines is 1. The molecule has 1 amide bonds. The topological polar surface area (TPSA) is 57.2 Å². The average molecular weight is 482 g/mol. The molecule has 1 heterocycles. The minimum atomic E-state index is -0.410. The quantitative estimate of drug-likeness (QED) is 0.405. The number of methoxy groups -OCH3 is 2. The van der Waals surface area contributed by atoms with Crippen molar-refractivity contribution in [3.8, 4) is 23.0 Å². The number of ether oxygens (including phenoxy) is 4. The molecule has 0 radical (unpaired) electrons. The lowest BCUT2D eigenvalue weighted by Gasteiger charge is -2.38. The largest absolute Gasteiger partial charge is 0.493 e. The van der Waals surface area contributed by atoms with Crippen LogP contribution in [0.5, 0.6) is 23.0 Å². The van der Waals surface area contributed by atoms with Crippen LogP contribution in [0.3, 0.4) is 0 Å². The van der Waals surface area contributed by atoms with E-state index in [4.69, 9.17) is 30.5 Å². The van der Waals surface area contributed by atoms with Crippen molar-refractivity contribution >= 4 is 23.2 Å². The van der Waals surface area contributed by atoms with Crippen LogP contribution in [0.4, 0.5) is 5.69 Å². The molecule has 3 aromatic carbocycles. The molecule has 34 heavy (non-hydrogen) atoms. The molecule has 0 spiro atoms. The summed E-state index contributed by atoms with van der Waals surface area (Å²) in [6.07, 6.45) is 0.244. The van der Waals surface area contributed by atoms with Gasteiger partial charge in [-0.2, -0.15) is 0 Å². The number of carbonyl (C=O) groups excluding carboxylic acids is 1. The third-order valence-electron chi connectivity index (χ3n) is 5.80. The molecule has 0 saturated heterocycles. The highest BCUT2D eigenvalue weighted by Crippen LogP contribution is 2.45. The van der Waals surface area contributed by atoms with Crippen LogP contribution in [0.15, 0.2) is 54.6 Å². The van der Waals surface area contributed by atoms with Gasteiger partial charge in [0.2, 0.25) is 5.91 Å². The molecule has 0 N–H and O–H groups in total. The number of halogens is 1. The van der Waals surface area contributed by atoms with E-state index in [1.165, 1.54) is 0 Å². The number of fused-ring (bicyclic) bond motifs is 1. The van der Waals surface area contributed by atoms with Crippen molar-refractivity contribution in [3.05, 3.63) is 76.3 Å². The number of hydrogen-bond acceptors (Lipinski definition) is 5. The molecule has 4 rings (SSSR count). The summed E-state index contributed by atoms with van der Waals surface area (Å²) in [5.41, 5.74) is 3.51. The zero-order valence-corrected chi connectivity index (χ0v) is 20.5.